The van der Waals surface area contributed by atoms with Crippen LogP contribution in [0.5, 0.6) is 0 Å². The third kappa shape index (κ3) is 4.68. The van der Waals surface area contributed by atoms with Crippen LogP contribution >= 0.6 is 0 Å². The van der Waals surface area contributed by atoms with Crippen LogP contribution in [0.1, 0.15) is 0 Å². The summed E-state index contributed by atoms with van der Waals surface area (Å²) < 4.78 is 53.1. The van der Waals surface area contributed by atoms with Gasteiger partial charge in [0.15, 0.2) is 0 Å². The number of sulfonamides is 1. The van der Waals surface area contributed by atoms with Gasteiger partial charge in [0.25, 0.3) is 0 Å². The average molecular weight is 395 g/mol. The third-order valence-electron chi connectivity index (χ3n) is 4.27. The van der Waals surface area contributed by atoms with Crippen LogP contribution in [0.4, 0.5) is 14.5 Å². The van der Waals surface area contributed by atoms with E-state index >= 15 is 0 Å². The lowest BCUT2D eigenvalue weighted by Gasteiger charge is -2.33. The first-order valence-electron chi connectivity index (χ1n) is 8.39. The molecular formula is C18H19F2N3O3S. The summed E-state index contributed by atoms with van der Waals surface area (Å²) in [5.74, 6) is -2.14. The molecule has 0 unspecified atom stereocenters. The molecule has 1 saturated heterocycles. The van der Waals surface area contributed by atoms with Gasteiger partial charge in [-0.2, -0.15) is 4.31 Å². The van der Waals surface area contributed by atoms with Crippen molar-refractivity contribution in [1.82, 2.24) is 9.21 Å². The molecule has 144 valence electrons. The monoisotopic (exact) mass is 395 g/mol. The topological polar surface area (TPSA) is 69.7 Å². The molecule has 2 aromatic rings. The molecule has 27 heavy (non-hydrogen) atoms. The number of carbonyl (C=O) groups excluding carboxylic acids is 1. The Bertz CT molecular complexity index is 915. The number of rotatable bonds is 5. The smallest absolute Gasteiger partial charge is 0.246 e. The van der Waals surface area contributed by atoms with E-state index in [0.29, 0.717) is 24.8 Å². The maximum atomic E-state index is 13.8. The number of amides is 1. The highest BCUT2D eigenvalue weighted by Gasteiger charge is 2.31. The molecule has 0 aliphatic carbocycles. The zero-order valence-electron chi connectivity index (χ0n) is 14.4. The van der Waals surface area contributed by atoms with Crippen LogP contribution in [0.2, 0.25) is 0 Å². The first-order chi connectivity index (χ1) is 12.9. The van der Waals surface area contributed by atoms with Gasteiger partial charge in [-0.15, -0.1) is 0 Å². The lowest BCUT2D eigenvalue weighted by molar-refractivity contribution is -0.117. The molecule has 0 saturated carbocycles. The van der Waals surface area contributed by atoms with Gasteiger partial charge in [-0.1, -0.05) is 18.2 Å². The van der Waals surface area contributed by atoms with Gasteiger partial charge in [0.1, 0.15) is 16.5 Å². The number of nitrogens with zero attached hydrogens (tertiary/aromatic N) is 2. The van der Waals surface area contributed by atoms with E-state index in [9.17, 15) is 22.0 Å². The van der Waals surface area contributed by atoms with Gasteiger partial charge in [0, 0.05) is 37.9 Å². The number of benzene rings is 2. The summed E-state index contributed by atoms with van der Waals surface area (Å²) in [5, 5.41) is 2.77. The van der Waals surface area contributed by atoms with Gasteiger partial charge in [0.05, 0.1) is 6.54 Å². The fourth-order valence-corrected chi connectivity index (χ4v) is 4.34. The Morgan fingerprint density at radius 3 is 2.30 bits per heavy atom. The molecule has 3 rings (SSSR count). The van der Waals surface area contributed by atoms with Crippen LogP contribution in [-0.4, -0.2) is 56.3 Å². The standard InChI is InChI=1S/C18H19F2N3O3S/c19-14-6-7-17(16(20)12-14)27(25,26)23-10-8-22(9-11-23)13-18(24)21-15-4-2-1-3-5-15/h1-7,12H,8-11,13H2,(H,21,24). The van der Waals surface area contributed by atoms with Gasteiger partial charge >= 0.3 is 0 Å². The number of hydrogen-bond acceptors (Lipinski definition) is 4. The van der Waals surface area contributed by atoms with E-state index < -0.39 is 26.6 Å². The quantitative estimate of drug-likeness (QED) is 0.840. The molecule has 0 aromatic heterocycles. The van der Waals surface area contributed by atoms with Crippen LogP contribution in [-0.2, 0) is 14.8 Å². The second kappa shape index (κ2) is 8.12. The Labute approximate surface area is 156 Å². The summed E-state index contributed by atoms with van der Waals surface area (Å²) >= 11 is 0. The van der Waals surface area contributed by atoms with Gasteiger partial charge in [-0.3, -0.25) is 9.69 Å². The molecule has 0 radical (unpaired) electrons. The molecule has 1 fully saturated rings. The van der Waals surface area contributed by atoms with E-state index in [1.54, 1.807) is 12.1 Å². The number of nitrogens with one attached hydrogen (secondary N) is 1. The maximum absolute atomic E-state index is 13.8. The molecule has 0 bridgehead atoms. The Morgan fingerprint density at radius 2 is 1.67 bits per heavy atom. The van der Waals surface area contributed by atoms with Gasteiger partial charge in [-0.25, -0.2) is 17.2 Å². The van der Waals surface area contributed by atoms with Crippen LogP contribution < -0.4 is 5.32 Å². The van der Waals surface area contributed by atoms with Crippen molar-refractivity contribution in [2.24, 2.45) is 0 Å². The lowest BCUT2D eigenvalue weighted by Crippen LogP contribution is -2.50. The molecule has 1 aliphatic heterocycles. The van der Waals surface area contributed by atoms with Crippen LogP contribution in [0.15, 0.2) is 53.4 Å². The van der Waals surface area contributed by atoms with Crippen molar-refractivity contribution in [3.05, 3.63) is 60.2 Å². The van der Waals surface area contributed by atoms with Gasteiger partial charge in [0.2, 0.25) is 15.9 Å². The van der Waals surface area contributed by atoms with Crippen molar-refractivity contribution in [3.63, 3.8) is 0 Å². The Kier molecular flexibility index (Phi) is 5.83. The first-order valence-corrected chi connectivity index (χ1v) is 9.83. The predicted molar refractivity (Wildman–Crippen MR) is 96.6 cm³/mol. The summed E-state index contributed by atoms with van der Waals surface area (Å²) in [6.45, 7) is 1.05. The fraction of sp³-hybridized carbons (Fsp3) is 0.278. The number of hydrogen-bond donors (Lipinski definition) is 1. The molecule has 1 aliphatic rings. The van der Waals surface area contributed by atoms with Gasteiger partial charge < -0.3 is 5.32 Å². The molecule has 1 heterocycles. The fourth-order valence-electron chi connectivity index (χ4n) is 2.88. The minimum atomic E-state index is -4.05. The highest BCUT2D eigenvalue weighted by molar-refractivity contribution is 7.89. The number of anilines is 1. The van der Waals surface area contributed by atoms with Crippen molar-refractivity contribution >= 4 is 21.6 Å². The van der Waals surface area contributed by atoms with E-state index in [1.165, 1.54) is 0 Å². The number of halogens is 2. The maximum Gasteiger partial charge on any atom is 0.246 e. The lowest BCUT2D eigenvalue weighted by atomic mass is 10.3. The summed E-state index contributed by atoms with van der Waals surface area (Å²) in [7, 11) is -4.05. The van der Waals surface area contributed by atoms with Crippen molar-refractivity contribution in [2.75, 3.05) is 38.0 Å². The molecular weight excluding hydrogens is 376 g/mol. The van der Waals surface area contributed by atoms with Crippen molar-refractivity contribution in [2.45, 2.75) is 4.90 Å². The van der Waals surface area contributed by atoms with Gasteiger partial charge in [-0.05, 0) is 24.3 Å². The third-order valence-corrected chi connectivity index (χ3v) is 6.20. The second-order valence-corrected chi connectivity index (χ2v) is 8.08. The summed E-state index contributed by atoms with van der Waals surface area (Å²) in [4.78, 5) is 13.4. The molecule has 1 N–H and O–H groups in total. The number of para-hydroxylation sites is 1. The SMILES string of the molecule is O=C(CN1CCN(S(=O)(=O)c2ccc(F)cc2F)CC1)Nc1ccccc1. The Balaban J connectivity index is 1.57. The number of carbonyl (C=O) groups is 1. The number of piperazine rings is 1. The van der Waals surface area contributed by atoms with E-state index in [4.69, 9.17) is 0 Å². The molecule has 0 atom stereocenters. The molecule has 2 aromatic carbocycles. The van der Waals surface area contributed by atoms with Crippen molar-refractivity contribution in [1.29, 1.82) is 0 Å². The molecule has 6 nitrogen and oxygen atoms in total. The molecule has 1 amide bonds. The molecule has 0 spiro atoms. The van der Waals surface area contributed by atoms with E-state index in [-0.39, 0.29) is 25.5 Å². The second-order valence-electron chi connectivity index (χ2n) is 6.17. The average Bonchev–Trinajstić information content (AvgIpc) is 2.62. The summed E-state index contributed by atoms with van der Waals surface area (Å²) in [6.07, 6.45) is 0. The van der Waals surface area contributed by atoms with Crippen LogP contribution in [0, 0.1) is 11.6 Å². The van der Waals surface area contributed by atoms with Crippen molar-refractivity contribution < 1.29 is 22.0 Å². The highest BCUT2D eigenvalue weighted by Crippen LogP contribution is 2.21. The highest BCUT2D eigenvalue weighted by atomic mass is 32.2. The zero-order valence-corrected chi connectivity index (χ0v) is 15.3. The van der Waals surface area contributed by atoms with E-state index in [2.05, 4.69) is 5.32 Å². The predicted octanol–water partition coefficient (Wildman–Crippen LogP) is 1.91. The minimum Gasteiger partial charge on any atom is -0.325 e. The largest absolute Gasteiger partial charge is 0.325 e. The van der Waals surface area contributed by atoms with E-state index in [1.807, 2.05) is 23.1 Å². The Hall–Kier alpha value is -2.36. The first kappa shape index (κ1) is 19.4. The van der Waals surface area contributed by atoms with E-state index in [0.717, 1.165) is 16.4 Å². The zero-order chi connectivity index (χ0) is 19.4. The Morgan fingerprint density at radius 1 is 1.00 bits per heavy atom. The minimum absolute atomic E-state index is 0.123. The summed E-state index contributed by atoms with van der Waals surface area (Å²) in [5.41, 5.74) is 0.690. The van der Waals surface area contributed by atoms with Crippen LogP contribution in [0.3, 0.4) is 0 Å². The van der Waals surface area contributed by atoms with Crippen LogP contribution in [0.25, 0.3) is 0 Å². The normalized spacial score (nSPS) is 16.2. The molecule has 9 heteroatoms. The summed E-state index contributed by atoms with van der Waals surface area (Å²) in [6, 6.07) is 11.4. The van der Waals surface area contributed by atoms with Crippen molar-refractivity contribution in [3.8, 4) is 0 Å².